The average Bonchev–Trinajstić information content (AvgIpc) is 2.73. The zero-order valence-electron chi connectivity index (χ0n) is 17.2. The van der Waals surface area contributed by atoms with Crippen LogP contribution in [-0.4, -0.2) is 50.8 Å². The minimum atomic E-state index is -3.75. The van der Waals surface area contributed by atoms with Gasteiger partial charge in [0.15, 0.2) is 0 Å². The third kappa shape index (κ3) is 4.79. The highest BCUT2D eigenvalue weighted by molar-refractivity contribution is 7.89. The predicted octanol–water partition coefficient (Wildman–Crippen LogP) is 3.45. The van der Waals surface area contributed by atoms with Gasteiger partial charge in [-0.15, -0.1) is 0 Å². The number of nitrogens with zero attached hydrogens (tertiary/aromatic N) is 2. The van der Waals surface area contributed by atoms with E-state index in [0.717, 1.165) is 30.4 Å². The fourth-order valence-electron chi connectivity index (χ4n) is 3.61. The Morgan fingerprint density at radius 2 is 1.83 bits per heavy atom. The van der Waals surface area contributed by atoms with E-state index in [-0.39, 0.29) is 17.3 Å². The fraction of sp³-hybridized carbons (Fsp3) is 0.409. The van der Waals surface area contributed by atoms with Crippen molar-refractivity contribution in [3.8, 4) is 5.75 Å². The normalized spacial score (nSPS) is 14.8. The van der Waals surface area contributed by atoms with E-state index in [1.807, 2.05) is 31.2 Å². The number of carbonyl (C=O) groups is 1. The Morgan fingerprint density at radius 3 is 2.48 bits per heavy atom. The molecule has 1 aliphatic rings. The van der Waals surface area contributed by atoms with Gasteiger partial charge >= 0.3 is 0 Å². The second kappa shape index (κ2) is 8.97. The number of methoxy groups -OCH3 is 1. The molecule has 1 amide bonds. The van der Waals surface area contributed by atoms with Gasteiger partial charge in [-0.25, -0.2) is 8.42 Å². The Hall–Kier alpha value is -2.38. The minimum Gasteiger partial charge on any atom is -0.496 e. The van der Waals surface area contributed by atoms with Gasteiger partial charge in [-0.05, 0) is 49.9 Å². The second-order valence-corrected chi connectivity index (χ2v) is 9.51. The van der Waals surface area contributed by atoms with Gasteiger partial charge in [-0.3, -0.25) is 4.79 Å². The maximum atomic E-state index is 13.1. The van der Waals surface area contributed by atoms with Crippen LogP contribution >= 0.6 is 0 Å². The summed E-state index contributed by atoms with van der Waals surface area (Å²) in [6.07, 6.45) is 3.04. The van der Waals surface area contributed by atoms with Crippen LogP contribution in [0.4, 0.5) is 0 Å². The molecule has 7 heteroatoms. The average molecular weight is 417 g/mol. The standard InChI is InChI=1S/C22H28N2O4S/c1-17-8-7-9-18(14-17)16-23(2)29(26,27)19-10-11-21(28-3)20(15-19)22(25)24-12-5-4-6-13-24/h7-11,14-15H,4-6,12-13,16H2,1-3H3. The Bertz CT molecular complexity index is 982. The van der Waals surface area contributed by atoms with Gasteiger partial charge < -0.3 is 9.64 Å². The molecule has 0 spiro atoms. The van der Waals surface area contributed by atoms with Crippen LogP contribution in [-0.2, 0) is 16.6 Å². The van der Waals surface area contributed by atoms with Crippen molar-refractivity contribution in [3.05, 3.63) is 59.2 Å². The molecular formula is C22H28N2O4S. The van der Waals surface area contributed by atoms with Gasteiger partial charge in [-0.1, -0.05) is 29.8 Å². The molecule has 0 aromatic heterocycles. The van der Waals surface area contributed by atoms with E-state index in [1.54, 1.807) is 18.0 Å². The number of ether oxygens (including phenoxy) is 1. The number of carbonyl (C=O) groups excluding carboxylic acids is 1. The van der Waals surface area contributed by atoms with E-state index in [1.165, 1.54) is 23.5 Å². The number of aryl methyl sites for hydroxylation is 1. The van der Waals surface area contributed by atoms with E-state index in [4.69, 9.17) is 4.74 Å². The van der Waals surface area contributed by atoms with Crippen molar-refractivity contribution in [2.75, 3.05) is 27.2 Å². The Balaban J connectivity index is 1.89. The molecule has 6 nitrogen and oxygen atoms in total. The van der Waals surface area contributed by atoms with E-state index < -0.39 is 10.0 Å². The van der Waals surface area contributed by atoms with Gasteiger partial charge in [0, 0.05) is 26.7 Å². The van der Waals surface area contributed by atoms with Crippen LogP contribution in [0.3, 0.4) is 0 Å². The van der Waals surface area contributed by atoms with Crippen molar-refractivity contribution >= 4 is 15.9 Å². The molecule has 29 heavy (non-hydrogen) atoms. The molecular weight excluding hydrogens is 388 g/mol. The number of likely N-dealkylation sites (tertiary alicyclic amines) is 1. The molecule has 0 bridgehead atoms. The molecule has 1 heterocycles. The first-order valence-electron chi connectivity index (χ1n) is 9.82. The zero-order valence-corrected chi connectivity index (χ0v) is 18.0. The number of rotatable bonds is 6. The van der Waals surface area contributed by atoms with Gasteiger partial charge in [0.25, 0.3) is 5.91 Å². The molecule has 1 saturated heterocycles. The zero-order chi connectivity index (χ0) is 21.0. The van der Waals surface area contributed by atoms with E-state index in [2.05, 4.69) is 0 Å². The maximum Gasteiger partial charge on any atom is 0.257 e. The number of amides is 1. The summed E-state index contributed by atoms with van der Waals surface area (Å²) in [4.78, 5) is 14.9. The van der Waals surface area contributed by atoms with Crippen molar-refractivity contribution in [2.45, 2.75) is 37.6 Å². The molecule has 2 aromatic carbocycles. The van der Waals surface area contributed by atoms with Crippen LogP contribution in [0.25, 0.3) is 0 Å². The Morgan fingerprint density at radius 1 is 1.10 bits per heavy atom. The number of hydrogen-bond donors (Lipinski definition) is 0. The molecule has 0 unspecified atom stereocenters. The van der Waals surface area contributed by atoms with Gasteiger partial charge in [-0.2, -0.15) is 4.31 Å². The van der Waals surface area contributed by atoms with Crippen LogP contribution in [0.5, 0.6) is 5.75 Å². The summed E-state index contributed by atoms with van der Waals surface area (Å²) in [5.74, 6) is 0.209. The Labute approximate surface area is 173 Å². The number of benzene rings is 2. The summed E-state index contributed by atoms with van der Waals surface area (Å²) in [5.41, 5.74) is 2.28. The number of hydrogen-bond acceptors (Lipinski definition) is 4. The van der Waals surface area contributed by atoms with Crippen molar-refractivity contribution in [1.29, 1.82) is 0 Å². The molecule has 0 N–H and O–H groups in total. The summed E-state index contributed by atoms with van der Waals surface area (Å²) in [6, 6.07) is 12.2. The summed E-state index contributed by atoms with van der Waals surface area (Å²) < 4.78 is 32.9. The summed E-state index contributed by atoms with van der Waals surface area (Å²) in [5, 5.41) is 0. The number of sulfonamides is 1. The molecule has 0 radical (unpaired) electrons. The van der Waals surface area contributed by atoms with Crippen molar-refractivity contribution in [1.82, 2.24) is 9.21 Å². The largest absolute Gasteiger partial charge is 0.496 e. The highest BCUT2D eigenvalue weighted by atomic mass is 32.2. The predicted molar refractivity (Wildman–Crippen MR) is 113 cm³/mol. The lowest BCUT2D eigenvalue weighted by molar-refractivity contribution is 0.0720. The second-order valence-electron chi connectivity index (χ2n) is 7.47. The maximum absolute atomic E-state index is 13.1. The van der Waals surface area contributed by atoms with Crippen molar-refractivity contribution in [2.24, 2.45) is 0 Å². The first kappa shape index (κ1) is 21.3. The van der Waals surface area contributed by atoms with Crippen LogP contribution in [0.1, 0.15) is 40.7 Å². The number of piperidine rings is 1. The SMILES string of the molecule is COc1ccc(S(=O)(=O)N(C)Cc2cccc(C)c2)cc1C(=O)N1CCCCC1. The molecule has 2 aromatic rings. The lowest BCUT2D eigenvalue weighted by Gasteiger charge is -2.27. The van der Waals surface area contributed by atoms with Crippen LogP contribution < -0.4 is 4.74 Å². The monoisotopic (exact) mass is 416 g/mol. The molecule has 1 aliphatic heterocycles. The van der Waals surface area contributed by atoms with Gasteiger partial charge in [0.1, 0.15) is 5.75 Å². The lowest BCUT2D eigenvalue weighted by atomic mass is 10.1. The highest BCUT2D eigenvalue weighted by Crippen LogP contribution is 2.27. The summed E-state index contributed by atoms with van der Waals surface area (Å²) in [6.45, 7) is 3.60. The first-order valence-corrected chi connectivity index (χ1v) is 11.3. The van der Waals surface area contributed by atoms with E-state index >= 15 is 0 Å². The highest BCUT2D eigenvalue weighted by Gasteiger charge is 2.26. The molecule has 3 rings (SSSR count). The van der Waals surface area contributed by atoms with Crippen molar-refractivity contribution < 1.29 is 17.9 Å². The Kier molecular flexibility index (Phi) is 6.59. The smallest absolute Gasteiger partial charge is 0.257 e. The van der Waals surface area contributed by atoms with E-state index in [0.29, 0.717) is 24.4 Å². The summed E-state index contributed by atoms with van der Waals surface area (Å²) in [7, 11) is -0.719. The minimum absolute atomic E-state index is 0.0915. The third-order valence-corrected chi connectivity index (χ3v) is 7.04. The van der Waals surface area contributed by atoms with Gasteiger partial charge in [0.05, 0.1) is 17.6 Å². The molecule has 0 aliphatic carbocycles. The molecule has 156 valence electrons. The van der Waals surface area contributed by atoms with Crippen LogP contribution in [0.15, 0.2) is 47.4 Å². The van der Waals surface area contributed by atoms with Crippen LogP contribution in [0, 0.1) is 6.92 Å². The van der Waals surface area contributed by atoms with Gasteiger partial charge in [0.2, 0.25) is 10.0 Å². The van der Waals surface area contributed by atoms with Crippen molar-refractivity contribution in [3.63, 3.8) is 0 Å². The quantitative estimate of drug-likeness (QED) is 0.723. The molecule has 0 atom stereocenters. The fourth-order valence-corrected chi connectivity index (χ4v) is 4.80. The topological polar surface area (TPSA) is 66.9 Å². The summed E-state index contributed by atoms with van der Waals surface area (Å²) >= 11 is 0. The van der Waals surface area contributed by atoms with E-state index in [9.17, 15) is 13.2 Å². The molecule has 0 saturated carbocycles. The molecule has 1 fully saturated rings. The van der Waals surface area contributed by atoms with Crippen LogP contribution in [0.2, 0.25) is 0 Å². The lowest BCUT2D eigenvalue weighted by Crippen LogP contribution is -2.36. The first-order chi connectivity index (χ1) is 13.8. The third-order valence-electron chi connectivity index (χ3n) is 5.24.